The van der Waals surface area contributed by atoms with Crippen LogP contribution in [-0.4, -0.2) is 43.4 Å². The normalized spacial score (nSPS) is 16.3. The molecule has 3 N–H and O–H groups in total. The Morgan fingerprint density at radius 2 is 1.86 bits per heavy atom. The number of aliphatic hydroxyl groups is 1. The summed E-state index contributed by atoms with van der Waals surface area (Å²) in [7, 11) is 0. The summed E-state index contributed by atoms with van der Waals surface area (Å²) in [5.41, 5.74) is 1.48. The molecular weight excluding hydrogens is 357 g/mol. The van der Waals surface area contributed by atoms with Gasteiger partial charge in [-0.15, -0.1) is 0 Å². The molecule has 0 amide bonds. The second kappa shape index (κ2) is 9.55. The number of hydrogen-bond donors (Lipinski definition) is 3. The first-order chi connectivity index (χ1) is 13.6. The summed E-state index contributed by atoms with van der Waals surface area (Å²) in [6.45, 7) is 3.90. The maximum atomic E-state index is 12.9. The zero-order valence-corrected chi connectivity index (χ0v) is 16.2. The van der Waals surface area contributed by atoms with Gasteiger partial charge >= 0.3 is 0 Å². The summed E-state index contributed by atoms with van der Waals surface area (Å²) in [6, 6.07) is 16.2. The molecule has 0 saturated heterocycles. The Hall–Kier alpha value is -2.60. The molecule has 1 atom stereocenters. The van der Waals surface area contributed by atoms with Gasteiger partial charge in [-0.25, -0.2) is 4.39 Å². The van der Waals surface area contributed by atoms with Crippen LogP contribution in [0.3, 0.4) is 0 Å². The third kappa shape index (κ3) is 5.70. The number of ether oxygens (including phenoxy) is 1. The molecule has 6 heteroatoms. The first kappa shape index (κ1) is 20.1. The quantitative estimate of drug-likeness (QED) is 0.459. The van der Waals surface area contributed by atoms with Gasteiger partial charge < -0.3 is 20.5 Å². The lowest BCUT2D eigenvalue weighted by molar-refractivity contribution is 0.110. The van der Waals surface area contributed by atoms with Crippen molar-refractivity contribution in [1.82, 2.24) is 10.6 Å². The zero-order valence-electron chi connectivity index (χ0n) is 16.2. The van der Waals surface area contributed by atoms with Crippen LogP contribution in [0.2, 0.25) is 0 Å². The zero-order chi connectivity index (χ0) is 19.8. The average molecular weight is 385 g/mol. The molecule has 0 aliphatic heterocycles. The summed E-state index contributed by atoms with van der Waals surface area (Å²) in [5.74, 6) is 0.898. The number of rotatable bonds is 9. The number of hydrogen-bond acceptors (Lipinski definition) is 3. The Kier molecular flexibility index (Phi) is 6.87. The van der Waals surface area contributed by atoms with Crippen LogP contribution in [0.25, 0.3) is 0 Å². The Balaban J connectivity index is 1.48. The van der Waals surface area contributed by atoms with Crippen molar-refractivity contribution in [1.29, 1.82) is 0 Å². The van der Waals surface area contributed by atoms with Crippen LogP contribution < -0.4 is 15.4 Å². The predicted molar refractivity (Wildman–Crippen MR) is 109 cm³/mol. The van der Waals surface area contributed by atoms with E-state index in [1.165, 1.54) is 17.7 Å². The molecule has 0 bridgehead atoms. The Morgan fingerprint density at radius 3 is 2.50 bits per heavy atom. The minimum Gasteiger partial charge on any atom is -0.491 e. The van der Waals surface area contributed by atoms with E-state index in [0.717, 1.165) is 19.4 Å². The fourth-order valence-corrected chi connectivity index (χ4v) is 3.05. The average Bonchev–Trinajstić information content (AvgIpc) is 3.51. The van der Waals surface area contributed by atoms with E-state index in [1.54, 1.807) is 12.1 Å². The van der Waals surface area contributed by atoms with Crippen LogP contribution in [-0.2, 0) is 5.41 Å². The molecule has 2 aromatic carbocycles. The van der Waals surface area contributed by atoms with Crippen molar-refractivity contribution in [2.75, 3.05) is 26.2 Å². The topological polar surface area (TPSA) is 65.9 Å². The van der Waals surface area contributed by atoms with Crippen LogP contribution in [0.1, 0.15) is 25.3 Å². The van der Waals surface area contributed by atoms with Crippen molar-refractivity contribution in [3.63, 3.8) is 0 Å². The molecule has 1 fully saturated rings. The van der Waals surface area contributed by atoms with E-state index in [9.17, 15) is 9.50 Å². The van der Waals surface area contributed by atoms with Gasteiger partial charge in [0.15, 0.2) is 5.96 Å². The van der Waals surface area contributed by atoms with E-state index < -0.39 is 6.10 Å². The van der Waals surface area contributed by atoms with Crippen molar-refractivity contribution < 1.29 is 14.2 Å². The monoisotopic (exact) mass is 385 g/mol. The fraction of sp³-hybridized carbons (Fsp3) is 0.409. The van der Waals surface area contributed by atoms with Gasteiger partial charge in [0.25, 0.3) is 0 Å². The third-order valence-electron chi connectivity index (χ3n) is 4.88. The number of nitrogens with one attached hydrogen (secondary N) is 2. The van der Waals surface area contributed by atoms with Crippen molar-refractivity contribution in [2.45, 2.75) is 31.3 Å². The lowest BCUT2D eigenvalue weighted by atomic mass is 9.96. The molecule has 3 rings (SSSR count). The van der Waals surface area contributed by atoms with Crippen LogP contribution in [0, 0.1) is 5.82 Å². The Bertz CT molecular complexity index is 761. The van der Waals surface area contributed by atoms with Gasteiger partial charge in [-0.2, -0.15) is 0 Å². The minimum absolute atomic E-state index is 0.117. The van der Waals surface area contributed by atoms with Crippen LogP contribution in [0.4, 0.5) is 4.39 Å². The Morgan fingerprint density at radius 1 is 1.14 bits per heavy atom. The molecule has 150 valence electrons. The molecule has 5 nitrogen and oxygen atoms in total. The summed E-state index contributed by atoms with van der Waals surface area (Å²) in [4.78, 5) is 4.72. The number of aliphatic imine (C=N–C) groups is 1. The molecular formula is C22H28FN3O2. The van der Waals surface area contributed by atoms with E-state index in [0.29, 0.717) is 24.8 Å². The van der Waals surface area contributed by atoms with Crippen molar-refractivity contribution in [3.05, 3.63) is 66.0 Å². The highest BCUT2D eigenvalue weighted by Gasteiger charge is 2.43. The first-order valence-corrected chi connectivity index (χ1v) is 9.75. The van der Waals surface area contributed by atoms with Crippen LogP contribution in [0.5, 0.6) is 5.75 Å². The Labute approximate surface area is 165 Å². The number of nitrogens with zero attached hydrogens (tertiary/aromatic N) is 1. The van der Waals surface area contributed by atoms with Crippen LogP contribution >= 0.6 is 0 Å². The van der Waals surface area contributed by atoms with E-state index in [4.69, 9.17) is 9.73 Å². The smallest absolute Gasteiger partial charge is 0.191 e. The SMILES string of the molecule is CCNC(=NCC1(c2ccccc2)CC1)NCC(O)COc1ccc(F)cc1. The highest BCUT2D eigenvalue weighted by Crippen LogP contribution is 2.48. The van der Waals surface area contributed by atoms with Crippen molar-refractivity contribution in [3.8, 4) is 5.75 Å². The van der Waals surface area contributed by atoms with E-state index in [2.05, 4.69) is 34.9 Å². The molecule has 1 saturated carbocycles. The lowest BCUT2D eigenvalue weighted by Gasteiger charge is -2.18. The number of halogens is 1. The number of aliphatic hydroxyl groups excluding tert-OH is 1. The van der Waals surface area contributed by atoms with E-state index >= 15 is 0 Å². The second-order valence-electron chi connectivity index (χ2n) is 7.14. The van der Waals surface area contributed by atoms with Gasteiger partial charge in [0, 0.05) is 18.5 Å². The maximum absolute atomic E-state index is 12.9. The third-order valence-corrected chi connectivity index (χ3v) is 4.88. The lowest BCUT2D eigenvalue weighted by Crippen LogP contribution is -2.43. The predicted octanol–water partition coefficient (Wildman–Crippen LogP) is 2.85. The van der Waals surface area contributed by atoms with E-state index in [1.807, 2.05) is 13.0 Å². The largest absolute Gasteiger partial charge is 0.491 e. The molecule has 1 aliphatic carbocycles. The summed E-state index contributed by atoms with van der Waals surface area (Å²) >= 11 is 0. The first-order valence-electron chi connectivity index (χ1n) is 9.75. The van der Waals surface area contributed by atoms with Gasteiger partial charge in [0.1, 0.15) is 24.3 Å². The summed E-state index contributed by atoms with van der Waals surface area (Å²) in [5, 5.41) is 16.5. The highest BCUT2D eigenvalue weighted by molar-refractivity contribution is 5.79. The molecule has 28 heavy (non-hydrogen) atoms. The standard InChI is InChI=1S/C22H28FN3O2/c1-2-24-21(26-16-22(12-13-22)17-6-4-3-5-7-17)25-14-19(27)15-28-20-10-8-18(23)9-11-20/h3-11,19,27H,2,12-16H2,1H3,(H2,24,25,26). The summed E-state index contributed by atoms with van der Waals surface area (Å²) < 4.78 is 18.4. The second-order valence-corrected chi connectivity index (χ2v) is 7.14. The van der Waals surface area contributed by atoms with Gasteiger partial charge in [0.2, 0.25) is 0 Å². The number of guanidine groups is 1. The molecule has 2 aromatic rings. The minimum atomic E-state index is -0.710. The molecule has 1 unspecified atom stereocenters. The van der Waals surface area contributed by atoms with Crippen molar-refractivity contribution in [2.24, 2.45) is 4.99 Å². The molecule has 1 aliphatic rings. The molecule has 0 aromatic heterocycles. The fourth-order valence-electron chi connectivity index (χ4n) is 3.05. The molecule has 0 heterocycles. The highest BCUT2D eigenvalue weighted by atomic mass is 19.1. The van der Waals surface area contributed by atoms with E-state index in [-0.39, 0.29) is 17.8 Å². The van der Waals surface area contributed by atoms with Gasteiger partial charge in [-0.05, 0) is 49.6 Å². The molecule has 0 spiro atoms. The summed E-state index contributed by atoms with van der Waals surface area (Å²) in [6.07, 6.45) is 1.58. The van der Waals surface area contributed by atoms with Crippen LogP contribution in [0.15, 0.2) is 59.6 Å². The van der Waals surface area contributed by atoms with Gasteiger partial charge in [-0.3, -0.25) is 4.99 Å². The van der Waals surface area contributed by atoms with Crippen molar-refractivity contribution >= 4 is 5.96 Å². The molecule has 0 radical (unpaired) electrons. The number of benzene rings is 2. The van der Waals surface area contributed by atoms with Gasteiger partial charge in [-0.1, -0.05) is 30.3 Å². The van der Waals surface area contributed by atoms with Gasteiger partial charge in [0.05, 0.1) is 6.54 Å². The maximum Gasteiger partial charge on any atom is 0.191 e.